The van der Waals surface area contributed by atoms with Crippen molar-refractivity contribution in [3.8, 4) is 0 Å². The van der Waals surface area contributed by atoms with Crippen molar-refractivity contribution >= 4 is 22.9 Å². The average molecular weight is 285 g/mol. The molecule has 0 bridgehead atoms. The second-order valence-electron chi connectivity index (χ2n) is 4.06. The van der Waals surface area contributed by atoms with E-state index in [1.807, 2.05) is 6.92 Å². The van der Waals surface area contributed by atoms with Crippen LogP contribution >= 0.6 is 22.9 Å². The molecule has 0 radical (unpaired) electrons. The van der Waals surface area contributed by atoms with Crippen LogP contribution in [0.5, 0.6) is 0 Å². The second-order valence-corrected chi connectivity index (χ2v) is 5.70. The lowest BCUT2D eigenvalue weighted by Gasteiger charge is -2.09. The third-order valence-corrected chi connectivity index (χ3v) is 4.20. The molecule has 2 aromatic rings. The highest BCUT2D eigenvalue weighted by molar-refractivity contribution is 7.11. The van der Waals surface area contributed by atoms with Gasteiger partial charge in [0.25, 0.3) is 0 Å². The van der Waals surface area contributed by atoms with Crippen molar-refractivity contribution in [3.63, 3.8) is 0 Å². The van der Waals surface area contributed by atoms with Gasteiger partial charge in [-0.05, 0) is 31.0 Å². The van der Waals surface area contributed by atoms with E-state index in [4.69, 9.17) is 17.3 Å². The lowest BCUT2D eigenvalue weighted by Crippen LogP contribution is -2.11. The van der Waals surface area contributed by atoms with Gasteiger partial charge >= 0.3 is 0 Å². The number of nitrogens with zero attached hydrogens (tertiary/aromatic N) is 1. The molecule has 18 heavy (non-hydrogen) atoms. The van der Waals surface area contributed by atoms with Crippen LogP contribution in [0.2, 0.25) is 5.02 Å². The number of rotatable bonds is 3. The molecule has 1 aromatic carbocycles. The second kappa shape index (κ2) is 5.34. The Kier molecular flexibility index (Phi) is 4.00. The van der Waals surface area contributed by atoms with E-state index >= 15 is 0 Å². The monoisotopic (exact) mass is 284 g/mol. The lowest BCUT2D eigenvalue weighted by molar-refractivity contribution is 0.626. The normalized spacial score (nSPS) is 12.7. The smallest absolute Gasteiger partial charge is 0.141 e. The Hall–Kier alpha value is -0.970. The number of thiazole rings is 1. The summed E-state index contributed by atoms with van der Waals surface area (Å²) in [6.07, 6.45) is 0.888. The molecule has 2 rings (SSSR count). The van der Waals surface area contributed by atoms with Crippen LogP contribution in [-0.2, 0) is 6.42 Å². The van der Waals surface area contributed by atoms with Crippen molar-refractivity contribution < 1.29 is 4.39 Å². The summed E-state index contributed by atoms with van der Waals surface area (Å²) in [6.45, 7) is 4.09. The maximum atomic E-state index is 13.1. The Morgan fingerprint density at radius 2 is 2.22 bits per heavy atom. The van der Waals surface area contributed by atoms with E-state index in [0.29, 0.717) is 0 Å². The van der Waals surface area contributed by atoms with Crippen LogP contribution in [0.1, 0.15) is 34.1 Å². The van der Waals surface area contributed by atoms with Crippen LogP contribution < -0.4 is 5.73 Å². The van der Waals surface area contributed by atoms with Crippen LogP contribution in [0.25, 0.3) is 0 Å². The van der Waals surface area contributed by atoms with E-state index in [1.165, 1.54) is 10.9 Å². The van der Waals surface area contributed by atoms with E-state index in [9.17, 15) is 4.39 Å². The molecule has 0 amide bonds. The highest BCUT2D eigenvalue weighted by Crippen LogP contribution is 2.28. The van der Waals surface area contributed by atoms with Gasteiger partial charge in [-0.15, -0.1) is 11.3 Å². The summed E-state index contributed by atoms with van der Waals surface area (Å²) >= 11 is 7.34. The molecule has 2 N–H and O–H groups in total. The molecule has 0 spiro atoms. The standard InChI is InChI=1S/C13H14ClFN2S/c1-3-11-7(2)18-13(17-11)12(16)8-4-5-10(15)9(14)6-8/h4-6,12H,3,16H2,1-2H3. The topological polar surface area (TPSA) is 38.9 Å². The Balaban J connectivity index is 2.34. The quantitative estimate of drug-likeness (QED) is 0.930. The third kappa shape index (κ3) is 2.55. The number of aromatic nitrogens is 1. The first-order valence-electron chi connectivity index (χ1n) is 5.69. The van der Waals surface area contributed by atoms with Crippen molar-refractivity contribution in [1.29, 1.82) is 0 Å². The highest BCUT2D eigenvalue weighted by Gasteiger charge is 2.16. The fourth-order valence-corrected chi connectivity index (χ4v) is 2.99. The van der Waals surface area contributed by atoms with Crippen molar-refractivity contribution in [3.05, 3.63) is 50.2 Å². The summed E-state index contributed by atoms with van der Waals surface area (Å²) in [7, 11) is 0. The van der Waals surface area contributed by atoms with Gasteiger partial charge in [0.2, 0.25) is 0 Å². The molecule has 0 aliphatic heterocycles. The third-order valence-electron chi connectivity index (χ3n) is 2.81. The van der Waals surface area contributed by atoms with Crippen molar-refractivity contribution in [2.75, 3.05) is 0 Å². The molecule has 1 heterocycles. The van der Waals surface area contributed by atoms with Gasteiger partial charge in [0, 0.05) is 4.88 Å². The van der Waals surface area contributed by atoms with E-state index in [1.54, 1.807) is 23.5 Å². The van der Waals surface area contributed by atoms with Crippen LogP contribution in [0.15, 0.2) is 18.2 Å². The molecular formula is C13H14ClFN2S. The molecule has 1 aromatic heterocycles. The maximum Gasteiger partial charge on any atom is 0.141 e. The lowest BCUT2D eigenvalue weighted by atomic mass is 10.1. The number of benzene rings is 1. The van der Waals surface area contributed by atoms with Gasteiger partial charge in [0.05, 0.1) is 16.8 Å². The first-order valence-corrected chi connectivity index (χ1v) is 6.89. The fourth-order valence-electron chi connectivity index (χ4n) is 1.76. The molecule has 1 unspecified atom stereocenters. The SMILES string of the molecule is CCc1nc(C(N)c2ccc(F)c(Cl)c2)sc1C. The molecular weight excluding hydrogens is 271 g/mol. The summed E-state index contributed by atoms with van der Waals surface area (Å²) in [6, 6.07) is 4.18. The average Bonchev–Trinajstić information content (AvgIpc) is 2.73. The molecule has 0 aliphatic rings. The molecule has 0 saturated heterocycles. The molecule has 2 nitrogen and oxygen atoms in total. The number of halogens is 2. The molecule has 0 aliphatic carbocycles. The predicted molar refractivity (Wildman–Crippen MR) is 73.7 cm³/mol. The van der Waals surface area contributed by atoms with Gasteiger partial charge in [-0.3, -0.25) is 0 Å². The van der Waals surface area contributed by atoms with Gasteiger partial charge in [-0.2, -0.15) is 0 Å². The van der Waals surface area contributed by atoms with Gasteiger partial charge in [0.1, 0.15) is 10.8 Å². The van der Waals surface area contributed by atoms with Crippen molar-refractivity contribution in [1.82, 2.24) is 4.98 Å². The van der Waals surface area contributed by atoms with Crippen LogP contribution in [0, 0.1) is 12.7 Å². The van der Waals surface area contributed by atoms with E-state index in [2.05, 4.69) is 11.9 Å². The minimum atomic E-state index is -0.433. The molecule has 0 fully saturated rings. The van der Waals surface area contributed by atoms with E-state index < -0.39 is 5.82 Å². The molecule has 5 heteroatoms. The minimum absolute atomic E-state index is 0.0898. The van der Waals surface area contributed by atoms with Gasteiger partial charge < -0.3 is 5.73 Å². The summed E-state index contributed by atoms with van der Waals surface area (Å²) in [5.74, 6) is -0.433. The summed E-state index contributed by atoms with van der Waals surface area (Å²) in [5.41, 5.74) is 7.98. The zero-order valence-electron chi connectivity index (χ0n) is 10.2. The zero-order valence-corrected chi connectivity index (χ0v) is 11.8. The number of aryl methyl sites for hydroxylation is 2. The molecule has 0 saturated carbocycles. The Morgan fingerprint density at radius 3 is 2.78 bits per heavy atom. The predicted octanol–water partition coefficient (Wildman–Crippen LogP) is 3.85. The fraction of sp³-hybridized carbons (Fsp3) is 0.308. The highest BCUT2D eigenvalue weighted by atomic mass is 35.5. The molecule has 1 atom stereocenters. The van der Waals surface area contributed by atoms with Crippen LogP contribution in [-0.4, -0.2) is 4.98 Å². The molecule has 96 valence electrons. The van der Waals surface area contributed by atoms with Crippen molar-refractivity contribution in [2.24, 2.45) is 5.73 Å². The Morgan fingerprint density at radius 1 is 1.50 bits per heavy atom. The Bertz CT molecular complexity index is 568. The zero-order chi connectivity index (χ0) is 13.3. The Labute approximate surface area is 115 Å². The van der Waals surface area contributed by atoms with Crippen LogP contribution in [0.3, 0.4) is 0 Å². The van der Waals surface area contributed by atoms with Crippen molar-refractivity contribution in [2.45, 2.75) is 26.3 Å². The van der Waals surface area contributed by atoms with Gasteiger partial charge in [-0.25, -0.2) is 9.37 Å². The summed E-state index contributed by atoms with van der Waals surface area (Å²) in [5, 5.41) is 0.930. The minimum Gasteiger partial charge on any atom is -0.318 e. The van der Waals surface area contributed by atoms with Gasteiger partial charge in [-0.1, -0.05) is 24.6 Å². The largest absolute Gasteiger partial charge is 0.318 e. The summed E-state index contributed by atoms with van der Waals surface area (Å²) < 4.78 is 13.1. The van der Waals surface area contributed by atoms with E-state index in [-0.39, 0.29) is 11.1 Å². The maximum absolute atomic E-state index is 13.1. The van der Waals surface area contributed by atoms with Crippen LogP contribution in [0.4, 0.5) is 4.39 Å². The number of hydrogen-bond acceptors (Lipinski definition) is 3. The first-order chi connectivity index (χ1) is 8.52. The number of hydrogen-bond donors (Lipinski definition) is 1. The van der Waals surface area contributed by atoms with Gasteiger partial charge in [0.15, 0.2) is 0 Å². The van der Waals surface area contributed by atoms with E-state index in [0.717, 1.165) is 22.7 Å². The summed E-state index contributed by atoms with van der Waals surface area (Å²) in [4.78, 5) is 5.69. The first kappa shape index (κ1) is 13.5. The number of nitrogens with two attached hydrogens (primary N) is 1.